The zero-order valence-electron chi connectivity index (χ0n) is 9.86. The van der Waals surface area contributed by atoms with E-state index in [9.17, 15) is 0 Å². The van der Waals surface area contributed by atoms with Crippen LogP contribution in [-0.4, -0.2) is 27.1 Å². The Hall–Kier alpha value is -0.480. The van der Waals surface area contributed by atoms with E-state index < -0.39 is 0 Å². The summed E-state index contributed by atoms with van der Waals surface area (Å²) in [6.07, 6.45) is 4.99. The van der Waals surface area contributed by atoms with Crippen LogP contribution in [0.5, 0.6) is 0 Å². The van der Waals surface area contributed by atoms with Crippen LogP contribution in [0.2, 0.25) is 0 Å². The molecule has 4 heteroatoms. The third-order valence-electron chi connectivity index (χ3n) is 2.45. The van der Waals surface area contributed by atoms with Crippen molar-refractivity contribution in [2.45, 2.75) is 32.9 Å². The van der Waals surface area contributed by atoms with Crippen LogP contribution in [0.1, 0.15) is 26.0 Å². The van der Waals surface area contributed by atoms with E-state index in [4.69, 9.17) is 0 Å². The molecule has 0 aliphatic carbocycles. The first-order valence-corrected chi connectivity index (χ1v) is 6.65. The fraction of sp³-hybridized carbons (Fsp3) is 0.727. The maximum atomic E-state index is 4.09. The molecule has 0 amide bonds. The van der Waals surface area contributed by atoms with Gasteiger partial charge in [-0.15, -0.1) is 0 Å². The molecule has 3 nitrogen and oxygen atoms in total. The van der Waals surface area contributed by atoms with Crippen molar-refractivity contribution in [1.82, 2.24) is 14.9 Å². The molecule has 1 unspecified atom stereocenters. The molecule has 0 spiro atoms. The van der Waals surface area contributed by atoms with Crippen molar-refractivity contribution >= 4 is 11.8 Å². The molecule has 1 N–H and O–H groups in total. The summed E-state index contributed by atoms with van der Waals surface area (Å²) in [4.78, 5) is 4.09. The number of rotatable bonds is 7. The van der Waals surface area contributed by atoms with Crippen molar-refractivity contribution in [1.29, 1.82) is 0 Å². The van der Waals surface area contributed by atoms with Crippen LogP contribution < -0.4 is 5.32 Å². The van der Waals surface area contributed by atoms with Gasteiger partial charge in [-0.1, -0.05) is 6.92 Å². The molecule has 0 saturated heterocycles. The third-order valence-corrected chi connectivity index (χ3v) is 3.38. The maximum Gasteiger partial charge on any atom is 0.0945 e. The van der Waals surface area contributed by atoms with Gasteiger partial charge < -0.3 is 9.88 Å². The minimum Gasteiger partial charge on any atom is -0.337 e. The number of hydrogen-bond donors (Lipinski definition) is 1. The van der Waals surface area contributed by atoms with Crippen LogP contribution >= 0.6 is 11.8 Å². The first-order valence-electron chi connectivity index (χ1n) is 5.50. The Morgan fingerprint density at radius 3 is 3.00 bits per heavy atom. The summed E-state index contributed by atoms with van der Waals surface area (Å²) in [5, 5.41) is 3.51. The summed E-state index contributed by atoms with van der Waals surface area (Å²) in [6.45, 7) is 5.36. The predicted octanol–water partition coefficient (Wildman–Crippen LogP) is 2.04. The van der Waals surface area contributed by atoms with Crippen LogP contribution in [-0.2, 0) is 13.6 Å². The highest BCUT2D eigenvalue weighted by Crippen LogP contribution is 2.04. The molecule has 0 aliphatic rings. The summed E-state index contributed by atoms with van der Waals surface area (Å²) in [6, 6.07) is 0.582. The molecule has 0 aromatic carbocycles. The number of aryl methyl sites for hydroxylation is 1. The summed E-state index contributed by atoms with van der Waals surface area (Å²) in [7, 11) is 2.03. The van der Waals surface area contributed by atoms with Gasteiger partial charge in [-0.25, -0.2) is 4.98 Å². The van der Waals surface area contributed by atoms with Crippen molar-refractivity contribution < 1.29 is 0 Å². The Morgan fingerprint density at radius 1 is 1.60 bits per heavy atom. The number of imidazole rings is 1. The van der Waals surface area contributed by atoms with E-state index in [1.807, 2.05) is 31.3 Å². The molecule has 0 saturated carbocycles. The first kappa shape index (κ1) is 12.6. The zero-order chi connectivity index (χ0) is 11.1. The normalized spacial score (nSPS) is 13.0. The summed E-state index contributed by atoms with van der Waals surface area (Å²) in [5.74, 6) is 2.46. The van der Waals surface area contributed by atoms with Crippen molar-refractivity contribution in [2.75, 3.05) is 11.5 Å². The number of nitrogens with one attached hydrogen (secondary N) is 1. The highest BCUT2D eigenvalue weighted by atomic mass is 32.2. The molecule has 0 aliphatic heterocycles. The molecule has 1 heterocycles. The largest absolute Gasteiger partial charge is 0.337 e. The van der Waals surface area contributed by atoms with E-state index >= 15 is 0 Å². The van der Waals surface area contributed by atoms with Gasteiger partial charge in [0.1, 0.15) is 0 Å². The monoisotopic (exact) mass is 227 g/mol. The Bertz CT molecular complexity index is 273. The van der Waals surface area contributed by atoms with E-state index in [1.165, 1.54) is 23.6 Å². The summed E-state index contributed by atoms with van der Waals surface area (Å²) < 4.78 is 2.06. The fourth-order valence-corrected chi connectivity index (χ4v) is 2.15. The van der Waals surface area contributed by atoms with E-state index in [2.05, 4.69) is 28.7 Å². The van der Waals surface area contributed by atoms with Crippen LogP contribution in [0, 0.1) is 0 Å². The minimum absolute atomic E-state index is 0.582. The van der Waals surface area contributed by atoms with E-state index in [0.717, 1.165) is 6.54 Å². The Labute approximate surface area is 96.7 Å². The van der Waals surface area contributed by atoms with E-state index in [1.54, 1.807) is 0 Å². The first-order chi connectivity index (χ1) is 7.24. The Balaban J connectivity index is 2.16. The zero-order valence-corrected chi connectivity index (χ0v) is 10.7. The standard InChI is InChI=1S/C11H21N3S/c1-4-15-6-5-10(2)13-8-11-7-12-9-14(11)3/h7,9-10,13H,4-6,8H2,1-3H3. The predicted molar refractivity (Wildman–Crippen MR) is 67.1 cm³/mol. The van der Waals surface area contributed by atoms with Gasteiger partial charge in [0.05, 0.1) is 12.0 Å². The average molecular weight is 227 g/mol. The summed E-state index contributed by atoms with van der Waals surface area (Å²) >= 11 is 2.01. The number of nitrogens with zero attached hydrogens (tertiary/aromatic N) is 2. The smallest absolute Gasteiger partial charge is 0.0945 e. The number of hydrogen-bond acceptors (Lipinski definition) is 3. The van der Waals surface area contributed by atoms with Gasteiger partial charge in [0.15, 0.2) is 0 Å². The molecule has 15 heavy (non-hydrogen) atoms. The van der Waals surface area contributed by atoms with Crippen molar-refractivity contribution in [3.8, 4) is 0 Å². The molecule has 1 rings (SSSR count). The molecular weight excluding hydrogens is 206 g/mol. The van der Waals surface area contributed by atoms with Gasteiger partial charge in [-0.2, -0.15) is 11.8 Å². The second-order valence-electron chi connectivity index (χ2n) is 3.76. The average Bonchev–Trinajstić information content (AvgIpc) is 2.61. The molecule has 0 radical (unpaired) electrons. The fourth-order valence-electron chi connectivity index (χ4n) is 1.34. The van der Waals surface area contributed by atoms with Gasteiger partial charge in [-0.3, -0.25) is 0 Å². The molecule has 86 valence electrons. The Morgan fingerprint density at radius 2 is 2.40 bits per heavy atom. The van der Waals surface area contributed by atoms with Crippen molar-refractivity contribution in [3.63, 3.8) is 0 Å². The quantitative estimate of drug-likeness (QED) is 0.723. The maximum absolute atomic E-state index is 4.09. The highest BCUT2D eigenvalue weighted by molar-refractivity contribution is 7.99. The lowest BCUT2D eigenvalue weighted by Gasteiger charge is -2.13. The second-order valence-corrected chi connectivity index (χ2v) is 5.16. The van der Waals surface area contributed by atoms with Gasteiger partial charge in [0.2, 0.25) is 0 Å². The SMILES string of the molecule is CCSCCC(C)NCc1cncn1C. The van der Waals surface area contributed by atoms with Gasteiger partial charge >= 0.3 is 0 Å². The minimum atomic E-state index is 0.582. The Kier molecular flexibility index (Phi) is 5.79. The lowest BCUT2D eigenvalue weighted by molar-refractivity contribution is 0.525. The van der Waals surface area contributed by atoms with Crippen LogP contribution in [0.15, 0.2) is 12.5 Å². The molecule has 0 fully saturated rings. The topological polar surface area (TPSA) is 29.9 Å². The third kappa shape index (κ3) is 4.71. The van der Waals surface area contributed by atoms with Crippen LogP contribution in [0.3, 0.4) is 0 Å². The summed E-state index contributed by atoms with van der Waals surface area (Å²) in [5.41, 5.74) is 1.24. The second kappa shape index (κ2) is 6.90. The lowest BCUT2D eigenvalue weighted by Crippen LogP contribution is -2.26. The van der Waals surface area contributed by atoms with E-state index in [0.29, 0.717) is 6.04 Å². The van der Waals surface area contributed by atoms with Gasteiger partial charge in [0.25, 0.3) is 0 Å². The molecule has 1 atom stereocenters. The number of aromatic nitrogens is 2. The van der Waals surface area contributed by atoms with Gasteiger partial charge in [0, 0.05) is 25.8 Å². The van der Waals surface area contributed by atoms with Crippen molar-refractivity contribution in [3.05, 3.63) is 18.2 Å². The lowest BCUT2D eigenvalue weighted by atomic mass is 10.2. The molecule has 1 aromatic rings. The molecule has 1 aromatic heterocycles. The van der Waals surface area contributed by atoms with Crippen molar-refractivity contribution in [2.24, 2.45) is 7.05 Å². The molecule has 0 bridgehead atoms. The number of thioether (sulfide) groups is 1. The van der Waals surface area contributed by atoms with Gasteiger partial charge in [-0.05, 0) is 24.9 Å². The van der Waals surface area contributed by atoms with Crippen LogP contribution in [0.25, 0.3) is 0 Å². The highest BCUT2D eigenvalue weighted by Gasteiger charge is 2.03. The van der Waals surface area contributed by atoms with Crippen LogP contribution in [0.4, 0.5) is 0 Å². The van der Waals surface area contributed by atoms with E-state index in [-0.39, 0.29) is 0 Å². The molecular formula is C11H21N3S.